The van der Waals surface area contributed by atoms with E-state index < -0.39 is 29.8 Å². The third kappa shape index (κ3) is 5.21. The van der Waals surface area contributed by atoms with Gasteiger partial charge < -0.3 is 8.98 Å². The van der Waals surface area contributed by atoms with Crippen molar-refractivity contribution in [3.05, 3.63) is 65.2 Å². The van der Waals surface area contributed by atoms with Gasteiger partial charge in [0.25, 0.3) is 0 Å². The highest BCUT2D eigenvalue weighted by atomic mass is 19.4. The van der Waals surface area contributed by atoms with Crippen LogP contribution in [-0.2, 0) is 19.8 Å². The lowest BCUT2D eigenvalue weighted by molar-refractivity contribution is -0.205. The van der Waals surface area contributed by atoms with E-state index in [9.17, 15) is 26.3 Å². The summed E-state index contributed by atoms with van der Waals surface area (Å²) in [7, 11) is 1.73. The van der Waals surface area contributed by atoms with Gasteiger partial charge in [-0.3, -0.25) is 4.90 Å². The summed E-state index contributed by atoms with van der Waals surface area (Å²) in [6.45, 7) is 2.19. The van der Waals surface area contributed by atoms with Gasteiger partial charge in [0.1, 0.15) is 23.2 Å². The molecule has 228 valence electrons. The van der Waals surface area contributed by atoms with E-state index in [1.54, 1.807) is 41.9 Å². The zero-order valence-corrected chi connectivity index (χ0v) is 23.5. The Morgan fingerprint density at radius 3 is 2.47 bits per heavy atom. The number of aromatic nitrogens is 4. The summed E-state index contributed by atoms with van der Waals surface area (Å²) < 4.78 is 90.1. The fourth-order valence-electron chi connectivity index (χ4n) is 7.29. The van der Waals surface area contributed by atoms with Crippen LogP contribution >= 0.6 is 0 Å². The van der Waals surface area contributed by atoms with Crippen LogP contribution < -0.4 is 0 Å². The van der Waals surface area contributed by atoms with Crippen LogP contribution in [0.2, 0.25) is 0 Å². The predicted molar refractivity (Wildman–Crippen MR) is 146 cm³/mol. The molecular weight excluding hydrogens is 572 g/mol. The second-order valence-corrected chi connectivity index (χ2v) is 12.7. The fourth-order valence-corrected chi connectivity index (χ4v) is 7.29. The summed E-state index contributed by atoms with van der Waals surface area (Å²) in [5.74, 6) is -1.63. The molecule has 0 unspecified atom stereocenters. The molecule has 2 aromatic carbocycles. The molecule has 3 aliphatic rings. The van der Waals surface area contributed by atoms with E-state index in [1.165, 1.54) is 25.6 Å². The lowest BCUT2D eigenvalue weighted by Crippen LogP contribution is -2.39. The average molecular weight is 604 g/mol. The van der Waals surface area contributed by atoms with E-state index in [4.69, 9.17) is 4.42 Å². The zero-order valence-electron chi connectivity index (χ0n) is 23.5. The van der Waals surface area contributed by atoms with Crippen LogP contribution in [0, 0.1) is 17.3 Å². The molecule has 1 spiro atoms. The Hall–Kier alpha value is -3.41. The minimum absolute atomic E-state index is 0.0209. The Labute approximate surface area is 244 Å². The fraction of sp³-hybridized carbons (Fsp3) is 0.516. The molecule has 12 heteroatoms. The maximum atomic E-state index is 14.2. The molecular formula is C31H31F6N5O. The molecule has 1 aliphatic heterocycles. The molecule has 0 N–H and O–H groups in total. The van der Waals surface area contributed by atoms with Gasteiger partial charge in [-0.15, -0.1) is 10.2 Å². The van der Waals surface area contributed by atoms with E-state index in [0.717, 1.165) is 25.6 Å². The monoisotopic (exact) mass is 603 g/mol. The number of alkyl halides is 6. The number of fused-ring (bicyclic) bond motifs is 1. The Morgan fingerprint density at radius 1 is 1.05 bits per heavy atom. The Morgan fingerprint density at radius 2 is 1.84 bits per heavy atom. The van der Waals surface area contributed by atoms with Gasteiger partial charge in [-0.25, -0.2) is 4.98 Å². The second-order valence-electron chi connectivity index (χ2n) is 12.7. The smallest absolute Gasteiger partial charge is 0.420 e. The van der Waals surface area contributed by atoms with Crippen molar-refractivity contribution >= 4 is 11.1 Å². The van der Waals surface area contributed by atoms with Crippen molar-refractivity contribution in [1.29, 1.82) is 0 Å². The normalized spacial score (nSPS) is 23.0. The minimum Gasteiger partial charge on any atom is -0.435 e. The number of likely N-dealkylation sites (tertiary alicyclic amines) is 1. The predicted octanol–water partition coefficient (Wildman–Crippen LogP) is 7.74. The summed E-state index contributed by atoms with van der Waals surface area (Å²) in [6, 6.07) is 9.73. The molecule has 1 atom stereocenters. The van der Waals surface area contributed by atoms with Crippen molar-refractivity contribution in [2.45, 2.75) is 63.3 Å². The van der Waals surface area contributed by atoms with Gasteiger partial charge in [0, 0.05) is 31.6 Å². The van der Waals surface area contributed by atoms with Gasteiger partial charge in [0.05, 0.1) is 5.92 Å². The molecule has 2 aromatic heterocycles. The molecule has 2 aliphatic carbocycles. The van der Waals surface area contributed by atoms with Gasteiger partial charge in [-0.05, 0) is 85.4 Å². The Balaban J connectivity index is 1.22. The standard InChI is InChI=1S/C31H31F6N5O/c1-41-17-38-40-27(41)25(21-13-22(14-21)30(32,33)34)19-4-2-5-20(12-19)28-39-24-11-18(10-23(26(24)43-28)31(35,36)37)15-42-9-8-29(16-42)6-3-7-29/h2,4-5,10-12,17,21-22,25H,3,6-9,13-16H2,1H3/t21?,22?,25-/m0/s1. The van der Waals surface area contributed by atoms with E-state index in [0.29, 0.717) is 34.5 Å². The molecule has 4 aromatic rings. The average Bonchev–Trinajstić information content (AvgIpc) is 3.62. The van der Waals surface area contributed by atoms with Crippen molar-refractivity contribution in [3.8, 4) is 11.5 Å². The molecule has 2 saturated carbocycles. The molecule has 1 saturated heterocycles. The third-order valence-corrected chi connectivity index (χ3v) is 9.82. The SMILES string of the molecule is Cn1cnnc1[C@@H](c1cccc(-c2nc3cc(CN4CCC5(CCC5)C4)cc(C(F)(F)F)c3o2)c1)C1CC(C(F)(F)F)C1. The largest absolute Gasteiger partial charge is 0.435 e. The Bertz CT molecular complexity index is 1650. The molecule has 6 nitrogen and oxygen atoms in total. The highest BCUT2D eigenvalue weighted by molar-refractivity contribution is 5.81. The Kier molecular flexibility index (Phi) is 6.64. The van der Waals surface area contributed by atoms with Crippen LogP contribution in [0.3, 0.4) is 0 Å². The number of benzene rings is 2. The summed E-state index contributed by atoms with van der Waals surface area (Å²) in [5.41, 5.74) is 0.920. The van der Waals surface area contributed by atoms with Gasteiger partial charge >= 0.3 is 12.4 Å². The highest BCUT2D eigenvalue weighted by Gasteiger charge is 2.51. The van der Waals surface area contributed by atoms with Crippen molar-refractivity contribution in [2.75, 3.05) is 13.1 Å². The van der Waals surface area contributed by atoms with Crippen LogP contribution in [0.5, 0.6) is 0 Å². The van der Waals surface area contributed by atoms with Crippen molar-refractivity contribution < 1.29 is 30.8 Å². The van der Waals surface area contributed by atoms with E-state index in [2.05, 4.69) is 20.1 Å². The lowest BCUT2D eigenvalue weighted by Gasteiger charge is -2.41. The first-order chi connectivity index (χ1) is 20.4. The number of rotatable bonds is 6. The van der Waals surface area contributed by atoms with Crippen LogP contribution in [0.15, 0.2) is 47.1 Å². The first-order valence-electron chi connectivity index (χ1n) is 14.6. The summed E-state index contributed by atoms with van der Waals surface area (Å²) in [6.07, 6.45) is -2.81. The number of aryl methyl sites for hydroxylation is 1. The van der Waals surface area contributed by atoms with E-state index in [-0.39, 0.29) is 35.7 Å². The maximum absolute atomic E-state index is 14.2. The molecule has 3 fully saturated rings. The van der Waals surface area contributed by atoms with E-state index >= 15 is 0 Å². The van der Waals surface area contributed by atoms with Crippen molar-refractivity contribution in [3.63, 3.8) is 0 Å². The summed E-state index contributed by atoms with van der Waals surface area (Å²) in [5, 5.41) is 8.12. The number of hydrogen-bond acceptors (Lipinski definition) is 5. The lowest BCUT2D eigenvalue weighted by atomic mass is 9.66. The number of oxazole rings is 1. The zero-order chi connectivity index (χ0) is 30.1. The van der Waals surface area contributed by atoms with Crippen molar-refractivity contribution in [1.82, 2.24) is 24.6 Å². The molecule has 0 amide bonds. The first kappa shape index (κ1) is 28.4. The number of hydrogen-bond donors (Lipinski definition) is 0. The summed E-state index contributed by atoms with van der Waals surface area (Å²) >= 11 is 0. The van der Waals surface area contributed by atoms with Crippen LogP contribution in [0.25, 0.3) is 22.6 Å². The maximum Gasteiger partial charge on any atom is 0.420 e. The molecule has 0 radical (unpaired) electrons. The van der Waals surface area contributed by atoms with Crippen LogP contribution in [0.1, 0.15) is 67.0 Å². The number of nitrogens with zero attached hydrogens (tertiary/aromatic N) is 5. The second kappa shape index (κ2) is 10.1. The van der Waals surface area contributed by atoms with E-state index in [1.807, 2.05) is 0 Å². The highest BCUT2D eigenvalue weighted by Crippen LogP contribution is 2.52. The molecule has 3 heterocycles. The summed E-state index contributed by atoms with van der Waals surface area (Å²) in [4.78, 5) is 6.71. The van der Waals surface area contributed by atoms with Crippen molar-refractivity contribution in [2.24, 2.45) is 24.3 Å². The van der Waals surface area contributed by atoms with Gasteiger partial charge in [-0.1, -0.05) is 18.6 Å². The molecule has 43 heavy (non-hydrogen) atoms. The first-order valence-corrected chi connectivity index (χ1v) is 14.6. The minimum atomic E-state index is -4.64. The van der Waals surface area contributed by atoms with Gasteiger partial charge in [0.2, 0.25) is 5.89 Å². The number of halogens is 6. The molecule has 7 rings (SSSR count). The van der Waals surface area contributed by atoms with Gasteiger partial charge in [0.15, 0.2) is 5.58 Å². The topological polar surface area (TPSA) is 60.0 Å². The van der Waals surface area contributed by atoms with Crippen LogP contribution in [-0.4, -0.2) is 43.9 Å². The van der Waals surface area contributed by atoms with Gasteiger partial charge in [-0.2, -0.15) is 26.3 Å². The molecule has 0 bridgehead atoms. The van der Waals surface area contributed by atoms with Crippen LogP contribution in [0.4, 0.5) is 26.3 Å². The quantitative estimate of drug-likeness (QED) is 0.211. The third-order valence-electron chi connectivity index (χ3n) is 9.82.